The summed E-state index contributed by atoms with van der Waals surface area (Å²) in [6.07, 6.45) is 2.73. The molecule has 2 unspecified atom stereocenters. The van der Waals surface area contributed by atoms with Gasteiger partial charge in [0.25, 0.3) is 0 Å². The van der Waals surface area contributed by atoms with Crippen LogP contribution in [-0.4, -0.2) is 30.4 Å². The molecule has 5 nitrogen and oxygen atoms in total. The number of hydrogen-bond donors (Lipinski definition) is 2. The highest BCUT2D eigenvalue weighted by molar-refractivity contribution is 5.70. The largest absolute Gasteiger partial charge is 0.497 e. The summed E-state index contributed by atoms with van der Waals surface area (Å²) in [6.45, 7) is 0. The van der Waals surface area contributed by atoms with Gasteiger partial charge in [0.2, 0.25) is 0 Å². The van der Waals surface area contributed by atoms with Crippen molar-refractivity contribution in [2.45, 2.75) is 38.2 Å². The summed E-state index contributed by atoms with van der Waals surface area (Å²) in [7, 11) is 3.20. The Kier molecular flexibility index (Phi) is 8.90. The third kappa shape index (κ3) is 7.36. The van der Waals surface area contributed by atoms with E-state index in [-0.39, 0.29) is 12.3 Å². The first-order valence-electron chi connectivity index (χ1n) is 11.2. The fourth-order valence-corrected chi connectivity index (χ4v) is 4.13. The molecule has 0 aliphatic heterocycles. The standard InChI is InChI=1S/C28H32O5/c1-32-25-17-24(18-26(19-25)33-2)28(31)23(10-6-9-20-7-4-3-5-8-20)15-21-11-13-22(14-12-21)16-27(29)30/h3-5,7-8,11-14,17-19,23,28,31H,6,9-10,15-16H2,1-2H3,(H,29,30). The van der Waals surface area contributed by atoms with E-state index in [2.05, 4.69) is 12.1 Å². The molecule has 0 aromatic heterocycles. The van der Waals surface area contributed by atoms with Crippen LogP contribution in [0.25, 0.3) is 0 Å². The number of ether oxygens (including phenoxy) is 2. The highest BCUT2D eigenvalue weighted by Crippen LogP contribution is 2.34. The maximum Gasteiger partial charge on any atom is 0.307 e. The third-order valence-electron chi connectivity index (χ3n) is 5.92. The van der Waals surface area contributed by atoms with E-state index in [1.165, 1.54) is 5.56 Å². The van der Waals surface area contributed by atoms with Gasteiger partial charge < -0.3 is 19.7 Å². The van der Waals surface area contributed by atoms with E-state index in [0.29, 0.717) is 17.9 Å². The van der Waals surface area contributed by atoms with Crippen molar-refractivity contribution in [1.82, 2.24) is 0 Å². The number of carboxylic acids is 1. The van der Waals surface area contributed by atoms with Crippen LogP contribution < -0.4 is 9.47 Å². The summed E-state index contributed by atoms with van der Waals surface area (Å²) in [4.78, 5) is 11.0. The van der Waals surface area contributed by atoms with Crippen molar-refractivity contribution >= 4 is 5.97 Å². The molecule has 0 fully saturated rings. The maximum atomic E-state index is 11.4. The van der Waals surface area contributed by atoms with Crippen LogP contribution in [0.2, 0.25) is 0 Å². The van der Waals surface area contributed by atoms with Crippen LogP contribution in [0.1, 0.15) is 41.2 Å². The molecule has 33 heavy (non-hydrogen) atoms. The molecule has 0 saturated carbocycles. The highest BCUT2D eigenvalue weighted by Gasteiger charge is 2.23. The zero-order valence-corrected chi connectivity index (χ0v) is 19.2. The second-order valence-electron chi connectivity index (χ2n) is 8.32. The van der Waals surface area contributed by atoms with Crippen molar-refractivity contribution in [3.63, 3.8) is 0 Å². The Bertz CT molecular complexity index is 992. The van der Waals surface area contributed by atoms with Gasteiger partial charge in [-0.05, 0) is 66.0 Å². The number of carbonyl (C=O) groups is 1. The van der Waals surface area contributed by atoms with Crippen molar-refractivity contribution < 1.29 is 24.5 Å². The van der Waals surface area contributed by atoms with Gasteiger partial charge in [-0.2, -0.15) is 0 Å². The number of aliphatic carboxylic acids is 1. The van der Waals surface area contributed by atoms with E-state index in [1.807, 2.05) is 54.6 Å². The molecule has 0 aliphatic carbocycles. The Morgan fingerprint density at radius 2 is 1.45 bits per heavy atom. The third-order valence-corrected chi connectivity index (χ3v) is 5.92. The Morgan fingerprint density at radius 1 is 0.848 bits per heavy atom. The van der Waals surface area contributed by atoms with Crippen LogP contribution in [0.15, 0.2) is 72.8 Å². The van der Waals surface area contributed by atoms with E-state index in [0.717, 1.165) is 36.0 Å². The van der Waals surface area contributed by atoms with Gasteiger partial charge in [-0.15, -0.1) is 0 Å². The van der Waals surface area contributed by atoms with Gasteiger partial charge >= 0.3 is 5.97 Å². The number of benzene rings is 3. The van der Waals surface area contributed by atoms with Crippen molar-refractivity contribution in [2.75, 3.05) is 14.2 Å². The van der Waals surface area contributed by atoms with Crippen molar-refractivity contribution in [1.29, 1.82) is 0 Å². The first-order valence-corrected chi connectivity index (χ1v) is 11.2. The quantitative estimate of drug-likeness (QED) is 0.396. The lowest BCUT2D eigenvalue weighted by Crippen LogP contribution is -2.16. The minimum Gasteiger partial charge on any atom is -0.497 e. The zero-order chi connectivity index (χ0) is 23.6. The Balaban J connectivity index is 1.78. The molecular formula is C28H32O5. The fraction of sp³-hybridized carbons (Fsp3) is 0.321. The number of carboxylic acid groups (broad SMARTS) is 1. The number of rotatable bonds is 12. The smallest absolute Gasteiger partial charge is 0.307 e. The number of aryl methyl sites for hydroxylation is 1. The topological polar surface area (TPSA) is 76.0 Å². The van der Waals surface area contributed by atoms with Gasteiger partial charge in [-0.3, -0.25) is 4.79 Å². The van der Waals surface area contributed by atoms with Gasteiger partial charge in [0, 0.05) is 6.07 Å². The summed E-state index contributed by atoms with van der Waals surface area (Å²) in [5.41, 5.74) is 3.89. The maximum absolute atomic E-state index is 11.4. The van der Waals surface area contributed by atoms with Crippen molar-refractivity contribution in [3.05, 3.63) is 95.1 Å². The van der Waals surface area contributed by atoms with Crippen LogP contribution in [-0.2, 0) is 24.1 Å². The minimum atomic E-state index is -0.844. The molecule has 0 amide bonds. The second kappa shape index (κ2) is 12.1. The summed E-state index contributed by atoms with van der Waals surface area (Å²) < 4.78 is 10.8. The number of aliphatic hydroxyl groups excluding tert-OH is 1. The van der Waals surface area contributed by atoms with Gasteiger partial charge in [0.1, 0.15) is 11.5 Å². The molecule has 0 spiro atoms. The predicted octanol–water partition coefficient (Wildman–Crippen LogP) is 5.25. The van der Waals surface area contributed by atoms with Gasteiger partial charge in [0.05, 0.1) is 26.7 Å². The van der Waals surface area contributed by atoms with Crippen LogP contribution in [0.4, 0.5) is 0 Å². The van der Waals surface area contributed by atoms with Crippen LogP contribution in [0.3, 0.4) is 0 Å². The summed E-state index contributed by atoms with van der Waals surface area (Å²) in [5, 5.41) is 20.4. The molecule has 0 saturated heterocycles. The lowest BCUT2D eigenvalue weighted by Gasteiger charge is -2.24. The molecule has 3 rings (SSSR count). The Hall–Kier alpha value is -3.31. The van der Waals surface area contributed by atoms with Crippen LogP contribution in [0, 0.1) is 5.92 Å². The SMILES string of the molecule is COc1cc(OC)cc(C(O)C(CCCc2ccccc2)Cc2ccc(CC(=O)O)cc2)c1. The van der Waals surface area contributed by atoms with Crippen LogP contribution >= 0.6 is 0 Å². The summed E-state index contributed by atoms with van der Waals surface area (Å²) in [6, 6.07) is 23.5. The molecule has 2 N–H and O–H groups in total. The van der Waals surface area contributed by atoms with Crippen molar-refractivity contribution in [2.24, 2.45) is 5.92 Å². The van der Waals surface area contributed by atoms with E-state index in [1.54, 1.807) is 20.3 Å². The first kappa shape index (κ1) is 24.3. The zero-order valence-electron chi connectivity index (χ0n) is 19.2. The molecule has 0 aliphatic rings. The fourth-order valence-electron chi connectivity index (χ4n) is 4.13. The van der Waals surface area contributed by atoms with Gasteiger partial charge in [-0.1, -0.05) is 54.6 Å². The molecule has 0 heterocycles. The lowest BCUT2D eigenvalue weighted by molar-refractivity contribution is -0.136. The van der Waals surface area contributed by atoms with Gasteiger partial charge in [-0.25, -0.2) is 0 Å². The monoisotopic (exact) mass is 448 g/mol. The molecule has 2 atom stereocenters. The summed E-state index contributed by atoms with van der Waals surface area (Å²) >= 11 is 0. The van der Waals surface area contributed by atoms with Crippen LogP contribution in [0.5, 0.6) is 11.5 Å². The Morgan fingerprint density at radius 3 is 2.03 bits per heavy atom. The highest BCUT2D eigenvalue weighted by atomic mass is 16.5. The Labute approximate surface area is 195 Å². The van der Waals surface area contributed by atoms with E-state index < -0.39 is 12.1 Å². The second-order valence-corrected chi connectivity index (χ2v) is 8.32. The first-order chi connectivity index (χ1) is 16.0. The molecule has 3 aromatic rings. The number of aliphatic hydroxyl groups is 1. The summed E-state index contributed by atoms with van der Waals surface area (Å²) in [5.74, 6) is 0.425. The predicted molar refractivity (Wildman–Crippen MR) is 129 cm³/mol. The van der Waals surface area contributed by atoms with Gasteiger partial charge in [0.15, 0.2) is 0 Å². The molecule has 5 heteroatoms. The minimum absolute atomic E-state index is 0.00696. The van der Waals surface area contributed by atoms with E-state index >= 15 is 0 Å². The number of hydrogen-bond acceptors (Lipinski definition) is 4. The molecule has 3 aromatic carbocycles. The molecular weight excluding hydrogens is 416 g/mol. The lowest BCUT2D eigenvalue weighted by atomic mass is 9.85. The average Bonchev–Trinajstić information content (AvgIpc) is 2.84. The van der Waals surface area contributed by atoms with E-state index in [9.17, 15) is 9.90 Å². The van der Waals surface area contributed by atoms with Crippen molar-refractivity contribution in [3.8, 4) is 11.5 Å². The molecule has 0 bridgehead atoms. The normalized spacial score (nSPS) is 12.7. The molecule has 0 radical (unpaired) electrons. The average molecular weight is 449 g/mol. The van der Waals surface area contributed by atoms with E-state index in [4.69, 9.17) is 14.6 Å². The molecule has 174 valence electrons. The number of methoxy groups -OCH3 is 2.